The molecule has 0 amide bonds. The molecule has 100 valence electrons. The van der Waals surface area contributed by atoms with Gasteiger partial charge in [-0.15, -0.1) is 0 Å². The van der Waals surface area contributed by atoms with Crippen molar-refractivity contribution in [3.05, 3.63) is 5.82 Å². The van der Waals surface area contributed by atoms with Crippen LogP contribution in [0, 0.1) is 0 Å². The van der Waals surface area contributed by atoms with E-state index >= 15 is 0 Å². The summed E-state index contributed by atoms with van der Waals surface area (Å²) in [5.74, 6) is 1.76. The summed E-state index contributed by atoms with van der Waals surface area (Å²) in [5.41, 5.74) is 0. The number of hydrogen-bond donors (Lipinski definition) is 1. The topological polar surface area (TPSA) is 41.1 Å². The van der Waals surface area contributed by atoms with Crippen LogP contribution in [-0.2, 0) is 0 Å². The lowest BCUT2D eigenvalue weighted by atomic mass is 10.1. The second-order valence-electron chi connectivity index (χ2n) is 5.44. The molecule has 3 rings (SSSR count). The predicted octanol–water partition coefficient (Wildman–Crippen LogP) is 2.38. The van der Waals surface area contributed by atoms with Crippen LogP contribution < -0.4 is 10.2 Å². The van der Waals surface area contributed by atoms with Crippen LogP contribution in [0.25, 0.3) is 0 Å². The fraction of sp³-hybridized carbons (Fsp3) is 0.846. The summed E-state index contributed by atoms with van der Waals surface area (Å²) in [6, 6.07) is 1.17. The van der Waals surface area contributed by atoms with Gasteiger partial charge in [0.1, 0.15) is 5.82 Å². The minimum Gasteiger partial charge on any atom is -0.341 e. The minimum atomic E-state index is 0.577. The van der Waals surface area contributed by atoms with Gasteiger partial charge in [0.15, 0.2) is 0 Å². The third-order valence-corrected chi connectivity index (χ3v) is 4.85. The van der Waals surface area contributed by atoms with Gasteiger partial charge in [0, 0.05) is 42.6 Å². The number of rotatable bonds is 4. The van der Waals surface area contributed by atoms with Crippen molar-refractivity contribution in [2.45, 2.75) is 57.5 Å². The lowest BCUT2D eigenvalue weighted by Gasteiger charge is -2.39. The minimum absolute atomic E-state index is 0.577. The molecule has 0 aromatic carbocycles. The highest BCUT2D eigenvalue weighted by atomic mass is 32.1. The van der Waals surface area contributed by atoms with Gasteiger partial charge in [0.2, 0.25) is 5.13 Å². The van der Waals surface area contributed by atoms with Crippen molar-refractivity contribution < 1.29 is 0 Å². The van der Waals surface area contributed by atoms with Gasteiger partial charge in [-0.2, -0.15) is 4.37 Å². The first-order chi connectivity index (χ1) is 8.81. The Hall–Kier alpha value is -0.680. The Bertz CT molecular complexity index is 401. The van der Waals surface area contributed by atoms with Crippen molar-refractivity contribution >= 4 is 16.7 Å². The quantitative estimate of drug-likeness (QED) is 0.908. The summed E-state index contributed by atoms with van der Waals surface area (Å²) >= 11 is 1.59. The molecule has 1 saturated heterocycles. The first-order valence-corrected chi connectivity index (χ1v) is 7.92. The summed E-state index contributed by atoms with van der Waals surface area (Å²) in [4.78, 5) is 7.25. The Labute approximate surface area is 113 Å². The Morgan fingerprint density at radius 2 is 2.17 bits per heavy atom. The van der Waals surface area contributed by atoms with Crippen LogP contribution in [0.1, 0.15) is 51.3 Å². The molecule has 1 aromatic rings. The molecule has 0 spiro atoms. The number of piperazine rings is 1. The molecule has 2 unspecified atom stereocenters. The summed E-state index contributed by atoms with van der Waals surface area (Å²) in [7, 11) is 0. The molecule has 2 heterocycles. The van der Waals surface area contributed by atoms with E-state index in [2.05, 4.69) is 28.4 Å². The Morgan fingerprint density at radius 3 is 2.83 bits per heavy atom. The molecule has 2 fully saturated rings. The lowest BCUT2D eigenvalue weighted by molar-refractivity contribution is 0.378. The molecule has 2 aliphatic rings. The fourth-order valence-corrected chi connectivity index (χ4v) is 3.41. The van der Waals surface area contributed by atoms with Crippen molar-refractivity contribution in [3.63, 3.8) is 0 Å². The highest BCUT2D eigenvalue weighted by Gasteiger charge is 2.31. The van der Waals surface area contributed by atoms with Gasteiger partial charge in [-0.25, -0.2) is 4.98 Å². The van der Waals surface area contributed by atoms with Crippen molar-refractivity contribution in [1.82, 2.24) is 14.7 Å². The normalized spacial score (nSPS) is 28.7. The number of hydrogen-bond acceptors (Lipinski definition) is 5. The average Bonchev–Trinajstić information content (AvgIpc) is 3.16. The van der Waals surface area contributed by atoms with Gasteiger partial charge < -0.3 is 10.2 Å². The molecule has 1 aromatic heterocycles. The number of aromatic nitrogens is 2. The predicted molar refractivity (Wildman–Crippen MR) is 75.4 cm³/mol. The number of anilines is 1. The summed E-state index contributed by atoms with van der Waals surface area (Å²) in [6.45, 7) is 6.66. The molecular weight excluding hydrogens is 244 g/mol. The molecule has 1 aliphatic heterocycles. The SMILES string of the molecule is CCC1CN(c2nc(C3CC3)ns2)C(CC)CN1. The van der Waals surface area contributed by atoms with Crippen LogP contribution in [0.15, 0.2) is 0 Å². The maximum absolute atomic E-state index is 4.77. The molecular formula is C13H22N4S. The zero-order valence-electron chi connectivity index (χ0n) is 11.2. The molecule has 18 heavy (non-hydrogen) atoms. The first-order valence-electron chi connectivity index (χ1n) is 7.15. The molecule has 1 N–H and O–H groups in total. The van der Waals surface area contributed by atoms with Crippen molar-refractivity contribution in [3.8, 4) is 0 Å². The molecule has 2 atom stereocenters. The van der Waals surface area contributed by atoms with Gasteiger partial charge in [-0.1, -0.05) is 13.8 Å². The van der Waals surface area contributed by atoms with Crippen LogP contribution in [-0.4, -0.2) is 34.5 Å². The van der Waals surface area contributed by atoms with E-state index < -0.39 is 0 Å². The van der Waals surface area contributed by atoms with Crippen molar-refractivity contribution in [2.24, 2.45) is 0 Å². The summed E-state index contributed by atoms with van der Waals surface area (Å²) in [6.07, 6.45) is 4.92. The Balaban J connectivity index is 1.76. The molecule has 0 radical (unpaired) electrons. The van der Waals surface area contributed by atoms with E-state index in [9.17, 15) is 0 Å². The van der Waals surface area contributed by atoms with E-state index in [1.54, 1.807) is 11.5 Å². The highest BCUT2D eigenvalue weighted by molar-refractivity contribution is 7.09. The summed E-state index contributed by atoms with van der Waals surface area (Å²) < 4.78 is 4.54. The zero-order chi connectivity index (χ0) is 12.5. The van der Waals surface area contributed by atoms with Gasteiger partial charge in [0.05, 0.1) is 0 Å². The van der Waals surface area contributed by atoms with Crippen molar-refractivity contribution in [1.29, 1.82) is 0 Å². The van der Waals surface area contributed by atoms with Crippen LogP contribution in [0.2, 0.25) is 0 Å². The highest BCUT2D eigenvalue weighted by Crippen LogP contribution is 2.40. The second-order valence-corrected chi connectivity index (χ2v) is 6.17. The summed E-state index contributed by atoms with van der Waals surface area (Å²) in [5, 5.41) is 4.77. The third-order valence-electron chi connectivity index (χ3n) is 4.08. The van der Waals surface area contributed by atoms with Gasteiger partial charge in [0.25, 0.3) is 0 Å². The lowest BCUT2D eigenvalue weighted by Crippen LogP contribution is -2.56. The average molecular weight is 266 g/mol. The van der Waals surface area contributed by atoms with E-state index in [0.717, 1.165) is 24.0 Å². The number of nitrogens with one attached hydrogen (secondary N) is 1. The standard InChI is InChI=1S/C13H22N4S/c1-3-10-8-17(11(4-2)7-14-10)13-15-12(16-18-13)9-5-6-9/h9-11,14H,3-8H2,1-2H3. The smallest absolute Gasteiger partial charge is 0.205 e. The van der Waals surface area contributed by atoms with E-state index in [-0.39, 0.29) is 0 Å². The zero-order valence-corrected chi connectivity index (χ0v) is 12.0. The van der Waals surface area contributed by atoms with E-state index in [1.165, 1.54) is 25.7 Å². The van der Waals surface area contributed by atoms with Gasteiger partial charge in [-0.05, 0) is 25.7 Å². The molecule has 1 aliphatic carbocycles. The second kappa shape index (κ2) is 5.13. The Morgan fingerprint density at radius 1 is 1.33 bits per heavy atom. The van der Waals surface area contributed by atoms with E-state index in [1.807, 2.05) is 0 Å². The largest absolute Gasteiger partial charge is 0.341 e. The first kappa shape index (κ1) is 12.4. The van der Waals surface area contributed by atoms with Gasteiger partial charge >= 0.3 is 0 Å². The maximum atomic E-state index is 4.77. The molecule has 1 saturated carbocycles. The van der Waals surface area contributed by atoms with Crippen LogP contribution in [0.5, 0.6) is 0 Å². The van der Waals surface area contributed by atoms with Crippen LogP contribution >= 0.6 is 11.5 Å². The van der Waals surface area contributed by atoms with E-state index in [0.29, 0.717) is 18.0 Å². The van der Waals surface area contributed by atoms with Crippen LogP contribution in [0.3, 0.4) is 0 Å². The van der Waals surface area contributed by atoms with Gasteiger partial charge in [-0.3, -0.25) is 0 Å². The fourth-order valence-electron chi connectivity index (χ4n) is 2.59. The number of nitrogens with zero attached hydrogens (tertiary/aromatic N) is 3. The molecule has 0 bridgehead atoms. The monoisotopic (exact) mass is 266 g/mol. The van der Waals surface area contributed by atoms with Crippen molar-refractivity contribution in [2.75, 3.05) is 18.0 Å². The van der Waals surface area contributed by atoms with E-state index in [4.69, 9.17) is 4.98 Å². The molecule has 5 heteroatoms. The maximum Gasteiger partial charge on any atom is 0.205 e. The third kappa shape index (κ3) is 2.38. The molecule has 4 nitrogen and oxygen atoms in total. The Kier molecular flexibility index (Phi) is 3.52. The van der Waals surface area contributed by atoms with Crippen LogP contribution in [0.4, 0.5) is 5.13 Å².